The number of pyridine rings is 1. The maximum absolute atomic E-state index is 5.73. The number of aryl methyl sites for hydroxylation is 1. The molecule has 1 aromatic rings. The minimum absolute atomic E-state index is 0. The average Bonchev–Trinajstić information content (AvgIpc) is 1.88. The lowest BCUT2D eigenvalue weighted by atomic mass is 10.3. The van der Waals surface area contributed by atoms with Gasteiger partial charge in [-0.15, -0.1) is 24.0 Å². The SMILES string of the molecule is Cc1ccc(CCl)c(Cl)n1.Cl. The Hall–Kier alpha value is 0.0200. The van der Waals surface area contributed by atoms with E-state index in [0.29, 0.717) is 11.0 Å². The monoisotopic (exact) mass is 211 g/mol. The zero-order chi connectivity index (χ0) is 7.56. The van der Waals surface area contributed by atoms with E-state index in [4.69, 9.17) is 23.2 Å². The Morgan fingerprint density at radius 1 is 1.45 bits per heavy atom. The van der Waals surface area contributed by atoms with E-state index in [1.165, 1.54) is 0 Å². The van der Waals surface area contributed by atoms with Crippen LogP contribution in [0.2, 0.25) is 5.15 Å². The van der Waals surface area contributed by atoms with Gasteiger partial charge in [0.15, 0.2) is 0 Å². The summed E-state index contributed by atoms with van der Waals surface area (Å²) in [6.07, 6.45) is 0. The Labute approximate surface area is 82.1 Å². The van der Waals surface area contributed by atoms with Crippen molar-refractivity contribution < 1.29 is 0 Å². The third kappa shape index (κ3) is 2.86. The highest BCUT2D eigenvalue weighted by Crippen LogP contribution is 2.14. The normalized spacial score (nSPS) is 9.00. The number of rotatable bonds is 1. The van der Waals surface area contributed by atoms with E-state index in [1.54, 1.807) is 0 Å². The van der Waals surface area contributed by atoms with Gasteiger partial charge in [0.1, 0.15) is 5.15 Å². The van der Waals surface area contributed by atoms with Crippen molar-refractivity contribution >= 4 is 35.6 Å². The Bertz CT molecular complexity index is 237. The molecule has 0 saturated heterocycles. The van der Waals surface area contributed by atoms with Gasteiger partial charge in [0.2, 0.25) is 0 Å². The fraction of sp³-hybridized carbons (Fsp3) is 0.286. The van der Waals surface area contributed by atoms with Gasteiger partial charge in [-0.1, -0.05) is 17.7 Å². The maximum atomic E-state index is 5.73. The van der Waals surface area contributed by atoms with Crippen LogP contribution in [0.25, 0.3) is 0 Å². The number of nitrogens with zero attached hydrogens (tertiary/aromatic N) is 1. The standard InChI is InChI=1S/C7H7Cl2N.ClH/c1-5-2-3-6(4-8)7(9)10-5;/h2-3H,4H2,1H3;1H. The van der Waals surface area contributed by atoms with Gasteiger partial charge in [-0.25, -0.2) is 4.98 Å². The molecule has 62 valence electrons. The first-order valence-corrected chi connectivity index (χ1v) is 3.83. The molecule has 0 unspecified atom stereocenters. The van der Waals surface area contributed by atoms with Crippen molar-refractivity contribution in [3.63, 3.8) is 0 Å². The Morgan fingerprint density at radius 2 is 2.09 bits per heavy atom. The summed E-state index contributed by atoms with van der Waals surface area (Å²) in [6, 6.07) is 3.78. The molecule has 0 aliphatic heterocycles. The van der Waals surface area contributed by atoms with Gasteiger partial charge in [0.05, 0.1) is 5.88 Å². The van der Waals surface area contributed by atoms with Crippen LogP contribution in [-0.2, 0) is 5.88 Å². The molecular formula is C7H8Cl3N. The predicted octanol–water partition coefficient (Wildman–Crippen LogP) is 3.20. The first kappa shape index (κ1) is 11.0. The van der Waals surface area contributed by atoms with Crippen molar-refractivity contribution in [1.82, 2.24) is 4.98 Å². The van der Waals surface area contributed by atoms with Crippen molar-refractivity contribution in [2.75, 3.05) is 0 Å². The second-order valence-electron chi connectivity index (χ2n) is 2.04. The second kappa shape index (κ2) is 4.81. The van der Waals surface area contributed by atoms with Crippen molar-refractivity contribution in [3.05, 3.63) is 28.5 Å². The van der Waals surface area contributed by atoms with Crippen LogP contribution in [0.5, 0.6) is 0 Å². The van der Waals surface area contributed by atoms with Gasteiger partial charge < -0.3 is 0 Å². The summed E-state index contributed by atoms with van der Waals surface area (Å²) >= 11 is 11.3. The zero-order valence-electron chi connectivity index (χ0n) is 5.97. The van der Waals surface area contributed by atoms with Gasteiger partial charge in [-0.05, 0) is 13.0 Å². The van der Waals surface area contributed by atoms with E-state index in [-0.39, 0.29) is 12.4 Å². The number of hydrogen-bond donors (Lipinski definition) is 0. The molecule has 0 amide bonds. The summed E-state index contributed by atoms with van der Waals surface area (Å²) in [5.74, 6) is 0.423. The third-order valence-corrected chi connectivity index (χ3v) is 1.82. The van der Waals surface area contributed by atoms with Crippen LogP contribution < -0.4 is 0 Å². The first-order valence-electron chi connectivity index (χ1n) is 2.92. The number of hydrogen-bond acceptors (Lipinski definition) is 1. The Morgan fingerprint density at radius 3 is 2.55 bits per heavy atom. The molecule has 1 heterocycles. The molecule has 0 aliphatic rings. The Kier molecular flexibility index (Phi) is 4.82. The lowest BCUT2D eigenvalue weighted by molar-refractivity contribution is 1.16. The highest BCUT2D eigenvalue weighted by Gasteiger charge is 1.98. The molecule has 0 saturated carbocycles. The largest absolute Gasteiger partial charge is 0.241 e. The van der Waals surface area contributed by atoms with Gasteiger partial charge in [-0.3, -0.25) is 0 Å². The minimum Gasteiger partial charge on any atom is -0.241 e. The van der Waals surface area contributed by atoms with Crippen LogP contribution in [0.15, 0.2) is 12.1 Å². The van der Waals surface area contributed by atoms with Crippen LogP contribution in [0.3, 0.4) is 0 Å². The first-order chi connectivity index (χ1) is 4.74. The molecule has 11 heavy (non-hydrogen) atoms. The fourth-order valence-electron chi connectivity index (χ4n) is 0.654. The molecule has 0 aliphatic carbocycles. The molecule has 1 nitrogen and oxygen atoms in total. The smallest absolute Gasteiger partial charge is 0.133 e. The summed E-state index contributed by atoms with van der Waals surface area (Å²) in [5.41, 5.74) is 1.80. The number of aromatic nitrogens is 1. The lowest BCUT2D eigenvalue weighted by Gasteiger charge is -1.98. The highest BCUT2D eigenvalue weighted by atomic mass is 35.5. The quantitative estimate of drug-likeness (QED) is 0.515. The number of halogens is 3. The van der Waals surface area contributed by atoms with Crippen molar-refractivity contribution in [3.8, 4) is 0 Å². The minimum atomic E-state index is 0. The Balaban J connectivity index is 0.000001000. The summed E-state index contributed by atoms with van der Waals surface area (Å²) in [5, 5.41) is 0.509. The van der Waals surface area contributed by atoms with Gasteiger partial charge in [0, 0.05) is 11.3 Å². The topological polar surface area (TPSA) is 12.9 Å². The molecule has 1 aromatic heterocycles. The molecule has 0 atom stereocenters. The van der Waals surface area contributed by atoms with E-state index in [2.05, 4.69) is 4.98 Å². The van der Waals surface area contributed by atoms with Crippen LogP contribution in [0.1, 0.15) is 11.3 Å². The zero-order valence-corrected chi connectivity index (χ0v) is 8.30. The van der Waals surface area contributed by atoms with Crippen molar-refractivity contribution in [1.29, 1.82) is 0 Å². The van der Waals surface area contributed by atoms with E-state index in [1.807, 2.05) is 19.1 Å². The third-order valence-electron chi connectivity index (χ3n) is 1.21. The molecule has 0 fully saturated rings. The summed E-state index contributed by atoms with van der Waals surface area (Å²) in [7, 11) is 0. The van der Waals surface area contributed by atoms with E-state index < -0.39 is 0 Å². The van der Waals surface area contributed by atoms with Gasteiger partial charge in [0.25, 0.3) is 0 Å². The molecule has 0 bridgehead atoms. The molecule has 0 N–H and O–H groups in total. The molecule has 1 rings (SSSR count). The van der Waals surface area contributed by atoms with Crippen molar-refractivity contribution in [2.24, 2.45) is 0 Å². The predicted molar refractivity (Wildman–Crippen MR) is 50.8 cm³/mol. The van der Waals surface area contributed by atoms with Gasteiger partial charge >= 0.3 is 0 Å². The van der Waals surface area contributed by atoms with Crippen LogP contribution >= 0.6 is 35.6 Å². The van der Waals surface area contributed by atoms with E-state index >= 15 is 0 Å². The molecular weight excluding hydrogens is 204 g/mol. The molecule has 0 aromatic carbocycles. The highest BCUT2D eigenvalue weighted by molar-refractivity contribution is 6.31. The van der Waals surface area contributed by atoms with Crippen LogP contribution in [0.4, 0.5) is 0 Å². The summed E-state index contributed by atoms with van der Waals surface area (Å²) in [4.78, 5) is 4.03. The lowest BCUT2D eigenvalue weighted by Crippen LogP contribution is -1.86. The number of alkyl halides is 1. The fourth-order valence-corrected chi connectivity index (χ4v) is 1.20. The second-order valence-corrected chi connectivity index (χ2v) is 2.66. The van der Waals surface area contributed by atoms with Gasteiger partial charge in [-0.2, -0.15) is 0 Å². The summed E-state index contributed by atoms with van der Waals surface area (Å²) in [6.45, 7) is 1.89. The molecule has 0 radical (unpaired) electrons. The van der Waals surface area contributed by atoms with E-state index in [9.17, 15) is 0 Å². The van der Waals surface area contributed by atoms with E-state index in [0.717, 1.165) is 11.3 Å². The average molecular weight is 213 g/mol. The molecule has 4 heteroatoms. The van der Waals surface area contributed by atoms with Crippen molar-refractivity contribution in [2.45, 2.75) is 12.8 Å². The van der Waals surface area contributed by atoms with Crippen LogP contribution in [0, 0.1) is 6.92 Å². The molecule has 0 spiro atoms. The maximum Gasteiger partial charge on any atom is 0.133 e. The summed E-state index contributed by atoms with van der Waals surface area (Å²) < 4.78 is 0. The van der Waals surface area contributed by atoms with Crippen LogP contribution in [-0.4, -0.2) is 4.98 Å².